The quantitative estimate of drug-likeness (QED) is 0.732. The third kappa shape index (κ3) is 3.90. The lowest BCUT2D eigenvalue weighted by atomic mass is 10.2. The number of nitrogens with zero attached hydrogens (tertiary/aromatic N) is 2. The maximum Gasteiger partial charge on any atom is 0.255 e. The maximum atomic E-state index is 12.5. The van der Waals surface area contributed by atoms with Gasteiger partial charge in [-0.05, 0) is 40.8 Å². The lowest BCUT2D eigenvalue weighted by Gasteiger charge is -2.34. The number of hydrogen-bond acceptors (Lipinski definition) is 3. The van der Waals surface area contributed by atoms with Crippen LogP contribution in [0, 0.1) is 3.57 Å². The van der Waals surface area contributed by atoms with Gasteiger partial charge in [0.2, 0.25) is 0 Å². The molecule has 1 amide bonds. The number of β-amino-alcohol motifs (C(OH)–C–C–N with tert-alkyl or cyclic N) is 1. The Bertz CT molecular complexity index is 462. The van der Waals surface area contributed by atoms with Crippen LogP contribution in [-0.4, -0.2) is 60.1 Å². The number of halogens is 2. The highest BCUT2D eigenvalue weighted by Gasteiger charge is 2.23. The van der Waals surface area contributed by atoms with Crippen LogP contribution < -0.4 is 0 Å². The largest absolute Gasteiger partial charge is 0.395 e. The van der Waals surface area contributed by atoms with Crippen molar-refractivity contribution in [1.29, 1.82) is 0 Å². The molecule has 0 bridgehead atoms. The van der Waals surface area contributed by atoms with Crippen molar-refractivity contribution in [3.8, 4) is 0 Å². The Morgan fingerprint density at radius 3 is 2.63 bits per heavy atom. The Labute approximate surface area is 135 Å². The standard InChI is InChI=1S/C13H16BrIN2O2/c14-10-1-2-12(15)11(9-10)13(19)17-5-3-16(4-6-17)7-8-18/h1-2,9,18H,3-8H2. The summed E-state index contributed by atoms with van der Waals surface area (Å²) < 4.78 is 1.90. The summed E-state index contributed by atoms with van der Waals surface area (Å²) in [4.78, 5) is 16.5. The maximum absolute atomic E-state index is 12.5. The van der Waals surface area contributed by atoms with Crippen molar-refractivity contribution in [3.63, 3.8) is 0 Å². The summed E-state index contributed by atoms with van der Waals surface area (Å²) in [5, 5.41) is 8.91. The van der Waals surface area contributed by atoms with E-state index in [1.165, 1.54) is 0 Å². The monoisotopic (exact) mass is 438 g/mol. The van der Waals surface area contributed by atoms with Crippen molar-refractivity contribution in [3.05, 3.63) is 31.8 Å². The molecule has 104 valence electrons. The number of amides is 1. The molecular weight excluding hydrogens is 423 g/mol. The molecule has 1 aromatic carbocycles. The fourth-order valence-corrected chi connectivity index (χ4v) is 3.08. The second kappa shape index (κ2) is 7.01. The Kier molecular flexibility index (Phi) is 5.61. The first-order chi connectivity index (χ1) is 9.11. The lowest BCUT2D eigenvalue weighted by molar-refractivity contribution is 0.0614. The first kappa shape index (κ1) is 15.2. The number of hydrogen-bond donors (Lipinski definition) is 1. The molecule has 1 heterocycles. The van der Waals surface area contributed by atoms with Gasteiger partial charge in [0, 0.05) is 40.8 Å². The molecule has 1 saturated heterocycles. The SMILES string of the molecule is O=C(c1cc(Br)ccc1I)N1CCN(CCO)CC1. The molecule has 1 aromatic rings. The summed E-state index contributed by atoms with van der Waals surface area (Å²) in [6, 6.07) is 5.77. The fourth-order valence-electron chi connectivity index (χ4n) is 2.15. The molecule has 0 radical (unpaired) electrons. The Hall–Kier alpha value is -0.180. The Morgan fingerprint density at radius 2 is 2.00 bits per heavy atom. The second-order valence-electron chi connectivity index (χ2n) is 4.48. The van der Waals surface area contributed by atoms with Crippen molar-refractivity contribution < 1.29 is 9.90 Å². The number of benzene rings is 1. The highest BCUT2D eigenvalue weighted by atomic mass is 127. The minimum Gasteiger partial charge on any atom is -0.395 e. The summed E-state index contributed by atoms with van der Waals surface area (Å²) >= 11 is 5.60. The van der Waals surface area contributed by atoms with Gasteiger partial charge < -0.3 is 10.0 Å². The summed E-state index contributed by atoms with van der Waals surface area (Å²) in [7, 11) is 0. The van der Waals surface area contributed by atoms with Gasteiger partial charge in [-0.2, -0.15) is 0 Å². The minimum atomic E-state index is 0.0920. The van der Waals surface area contributed by atoms with Gasteiger partial charge in [0.1, 0.15) is 0 Å². The van der Waals surface area contributed by atoms with Gasteiger partial charge in [0.15, 0.2) is 0 Å². The smallest absolute Gasteiger partial charge is 0.255 e. The summed E-state index contributed by atoms with van der Waals surface area (Å²) in [6.45, 7) is 3.98. The predicted octanol–water partition coefficient (Wildman–Crippen LogP) is 1.80. The van der Waals surface area contributed by atoms with Gasteiger partial charge in [-0.1, -0.05) is 15.9 Å². The molecule has 1 aliphatic rings. The first-order valence-electron chi connectivity index (χ1n) is 6.19. The zero-order valence-corrected chi connectivity index (χ0v) is 14.2. The highest BCUT2D eigenvalue weighted by molar-refractivity contribution is 14.1. The first-order valence-corrected chi connectivity index (χ1v) is 8.06. The molecule has 0 aliphatic carbocycles. The molecule has 0 atom stereocenters. The van der Waals surface area contributed by atoms with Crippen LogP contribution in [-0.2, 0) is 0 Å². The second-order valence-corrected chi connectivity index (χ2v) is 6.56. The zero-order valence-electron chi connectivity index (χ0n) is 10.5. The number of piperazine rings is 1. The van der Waals surface area contributed by atoms with E-state index in [4.69, 9.17) is 5.11 Å². The third-order valence-electron chi connectivity index (χ3n) is 3.23. The van der Waals surface area contributed by atoms with Crippen LogP contribution in [0.5, 0.6) is 0 Å². The van der Waals surface area contributed by atoms with Crippen molar-refractivity contribution in [2.24, 2.45) is 0 Å². The van der Waals surface area contributed by atoms with Crippen LogP contribution in [0.3, 0.4) is 0 Å². The van der Waals surface area contributed by atoms with Crippen molar-refractivity contribution in [2.45, 2.75) is 0 Å². The molecule has 0 spiro atoms. The minimum absolute atomic E-state index is 0.0920. The van der Waals surface area contributed by atoms with Crippen LogP contribution in [0.25, 0.3) is 0 Å². The Balaban J connectivity index is 2.03. The van der Waals surface area contributed by atoms with Crippen molar-refractivity contribution >= 4 is 44.4 Å². The number of aliphatic hydroxyl groups excluding tert-OH is 1. The van der Waals surface area contributed by atoms with E-state index in [1.807, 2.05) is 23.1 Å². The average molecular weight is 439 g/mol. The van der Waals surface area contributed by atoms with Crippen LogP contribution in [0.4, 0.5) is 0 Å². The van der Waals surface area contributed by atoms with Crippen molar-refractivity contribution in [1.82, 2.24) is 9.80 Å². The van der Waals surface area contributed by atoms with E-state index in [1.54, 1.807) is 0 Å². The van der Waals surface area contributed by atoms with Crippen LogP contribution >= 0.6 is 38.5 Å². The summed E-state index contributed by atoms with van der Waals surface area (Å²) in [5.41, 5.74) is 0.755. The van der Waals surface area contributed by atoms with E-state index in [0.29, 0.717) is 6.54 Å². The van der Waals surface area contributed by atoms with Gasteiger partial charge in [-0.15, -0.1) is 0 Å². The number of rotatable bonds is 3. The van der Waals surface area contributed by atoms with E-state index >= 15 is 0 Å². The molecule has 19 heavy (non-hydrogen) atoms. The van der Waals surface area contributed by atoms with Gasteiger partial charge >= 0.3 is 0 Å². The van der Waals surface area contributed by atoms with E-state index in [-0.39, 0.29) is 12.5 Å². The highest BCUT2D eigenvalue weighted by Crippen LogP contribution is 2.20. The lowest BCUT2D eigenvalue weighted by Crippen LogP contribution is -2.49. The fraction of sp³-hybridized carbons (Fsp3) is 0.462. The number of aliphatic hydroxyl groups is 1. The average Bonchev–Trinajstić information content (AvgIpc) is 2.42. The molecule has 1 aliphatic heterocycles. The predicted molar refractivity (Wildman–Crippen MR) is 86.3 cm³/mol. The topological polar surface area (TPSA) is 43.8 Å². The summed E-state index contributed by atoms with van der Waals surface area (Å²) in [6.07, 6.45) is 0. The molecular formula is C13H16BrIN2O2. The molecule has 0 unspecified atom stereocenters. The van der Waals surface area contributed by atoms with Crippen LogP contribution in [0.15, 0.2) is 22.7 Å². The van der Waals surface area contributed by atoms with Gasteiger partial charge in [0.05, 0.1) is 12.2 Å². The van der Waals surface area contributed by atoms with Crippen LogP contribution in [0.1, 0.15) is 10.4 Å². The summed E-state index contributed by atoms with van der Waals surface area (Å²) in [5.74, 6) is 0.0920. The Morgan fingerprint density at radius 1 is 1.32 bits per heavy atom. The zero-order chi connectivity index (χ0) is 13.8. The number of carbonyl (C=O) groups excluding carboxylic acids is 1. The third-order valence-corrected chi connectivity index (χ3v) is 4.67. The molecule has 6 heteroatoms. The van der Waals surface area contributed by atoms with Gasteiger partial charge in [-0.25, -0.2) is 0 Å². The molecule has 0 aromatic heterocycles. The van der Waals surface area contributed by atoms with Crippen LogP contribution in [0.2, 0.25) is 0 Å². The van der Waals surface area contributed by atoms with E-state index in [9.17, 15) is 4.79 Å². The molecule has 1 N–H and O–H groups in total. The van der Waals surface area contributed by atoms with Gasteiger partial charge in [0.25, 0.3) is 5.91 Å². The van der Waals surface area contributed by atoms with Gasteiger partial charge in [-0.3, -0.25) is 9.69 Å². The molecule has 4 nitrogen and oxygen atoms in total. The van der Waals surface area contributed by atoms with E-state index < -0.39 is 0 Å². The normalized spacial score (nSPS) is 16.7. The van der Waals surface area contributed by atoms with E-state index in [0.717, 1.165) is 39.8 Å². The van der Waals surface area contributed by atoms with E-state index in [2.05, 4.69) is 43.4 Å². The molecule has 2 rings (SSSR count). The number of carbonyl (C=O) groups is 1. The molecule has 0 saturated carbocycles. The van der Waals surface area contributed by atoms with Crippen molar-refractivity contribution in [2.75, 3.05) is 39.3 Å². The molecule has 1 fully saturated rings.